The maximum Gasteiger partial charge on any atom is 0.203 e. The third-order valence-electron chi connectivity index (χ3n) is 4.92. The molecule has 0 amide bonds. The second kappa shape index (κ2) is 8.15. The fourth-order valence-corrected chi connectivity index (χ4v) is 3.60. The summed E-state index contributed by atoms with van der Waals surface area (Å²) < 4.78 is 5.73. The predicted octanol–water partition coefficient (Wildman–Crippen LogP) is 5.42. The van der Waals surface area contributed by atoms with Gasteiger partial charge in [-0.05, 0) is 18.6 Å². The van der Waals surface area contributed by atoms with E-state index in [0.717, 1.165) is 10.9 Å². The Bertz CT molecular complexity index is 1150. The highest BCUT2D eigenvalue weighted by molar-refractivity contribution is 6.24. The van der Waals surface area contributed by atoms with E-state index in [1.165, 1.54) is 0 Å². The average Bonchev–Trinajstić information content (AvgIpc) is 3.13. The average molecular weight is 383 g/mol. The number of fused-ring (bicyclic) bond motifs is 1. The fourth-order valence-electron chi connectivity index (χ4n) is 3.60. The first-order valence-electron chi connectivity index (χ1n) is 9.62. The molecule has 29 heavy (non-hydrogen) atoms. The quantitative estimate of drug-likeness (QED) is 0.343. The molecule has 1 atom stereocenters. The van der Waals surface area contributed by atoms with Crippen LogP contribution in [-0.4, -0.2) is 23.2 Å². The molecule has 1 N–H and O–H groups in total. The number of para-hydroxylation sites is 1. The highest BCUT2D eigenvalue weighted by Gasteiger charge is 2.33. The third-order valence-corrected chi connectivity index (χ3v) is 4.92. The highest BCUT2D eigenvalue weighted by atomic mass is 16.5. The van der Waals surface area contributed by atoms with E-state index in [2.05, 4.69) is 4.98 Å². The molecule has 4 aromatic rings. The first-order chi connectivity index (χ1) is 14.2. The molecular formula is C25H21NO3. The third kappa shape index (κ3) is 3.57. The number of nitrogens with one attached hydrogen (secondary N) is 1. The van der Waals surface area contributed by atoms with Crippen LogP contribution in [0.3, 0.4) is 0 Å². The molecule has 0 saturated carbocycles. The topological polar surface area (TPSA) is 59.2 Å². The first kappa shape index (κ1) is 18.7. The van der Waals surface area contributed by atoms with Gasteiger partial charge in [0.1, 0.15) is 5.92 Å². The first-order valence-corrected chi connectivity index (χ1v) is 9.62. The summed E-state index contributed by atoms with van der Waals surface area (Å²) in [7, 11) is 0. The molecule has 144 valence electrons. The van der Waals surface area contributed by atoms with Crippen molar-refractivity contribution >= 4 is 22.5 Å². The summed E-state index contributed by atoms with van der Waals surface area (Å²) in [4.78, 5) is 30.4. The number of Topliss-reactive ketones (excluding diaryl/α,β-unsaturated/α-hetero) is 2. The van der Waals surface area contributed by atoms with E-state index < -0.39 is 5.92 Å². The van der Waals surface area contributed by atoms with Crippen molar-refractivity contribution in [3.63, 3.8) is 0 Å². The van der Waals surface area contributed by atoms with Gasteiger partial charge in [0, 0.05) is 16.5 Å². The SMILES string of the molecule is CCOc1[nH]c2ccccc2c1C(=O)C(C(=O)c1ccccc1)c1ccccc1. The molecule has 3 aromatic carbocycles. The van der Waals surface area contributed by atoms with E-state index in [0.29, 0.717) is 29.2 Å². The predicted molar refractivity (Wildman–Crippen MR) is 114 cm³/mol. The van der Waals surface area contributed by atoms with Crippen LogP contribution < -0.4 is 4.74 Å². The normalized spacial score (nSPS) is 11.9. The summed E-state index contributed by atoms with van der Waals surface area (Å²) in [5, 5.41) is 0.753. The summed E-state index contributed by atoms with van der Waals surface area (Å²) in [6, 6.07) is 25.7. The Labute approximate surface area is 169 Å². The summed E-state index contributed by atoms with van der Waals surface area (Å²) in [5.74, 6) is -1.04. The summed E-state index contributed by atoms with van der Waals surface area (Å²) >= 11 is 0. The van der Waals surface area contributed by atoms with Crippen molar-refractivity contribution in [2.75, 3.05) is 6.61 Å². The standard InChI is InChI=1S/C25H21NO3/c1-2-29-25-22(19-15-9-10-16-20(19)26-25)24(28)21(17-11-5-3-6-12-17)23(27)18-13-7-4-8-14-18/h3-16,21,26H,2H2,1H3. The molecule has 1 aromatic heterocycles. The van der Waals surface area contributed by atoms with E-state index in [4.69, 9.17) is 4.74 Å². The highest BCUT2D eigenvalue weighted by Crippen LogP contribution is 2.34. The lowest BCUT2D eigenvalue weighted by Crippen LogP contribution is -2.23. The van der Waals surface area contributed by atoms with Crippen molar-refractivity contribution in [3.8, 4) is 5.88 Å². The number of aromatic amines is 1. The van der Waals surface area contributed by atoms with Crippen molar-refractivity contribution < 1.29 is 14.3 Å². The van der Waals surface area contributed by atoms with Gasteiger partial charge in [-0.1, -0.05) is 78.9 Å². The van der Waals surface area contributed by atoms with E-state index in [1.807, 2.05) is 67.6 Å². The molecule has 0 saturated heterocycles. The zero-order valence-electron chi connectivity index (χ0n) is 16.1. The Balaban J connectivity index is 1.88. The van der Waals surface area contributed by atoms with Gasteiger partial charge in [0.15, 0.2) is 11.6 Å². The smallest absolute Gasteiger partial charge is 0.203 e. The molecule has 4 rings (SSSR count). The Hall–Kier alpha value is -3.66. The molecule has 0 radical (unpaired) electrons. The van der Waals surface area contributed by atoms with E-state index in [-0.39, 0.29) is 11.6 Å². The molecule has 0 aliphatic heterocycles. The Morgan fingerprint density at radius 3 is 2.14 bits per heavy atom. The van der Waals surface area contributed by atoms with Crippen LogP contribution in [0, 0.1) is 0 Å². The largest absolute Gasteiger partial charge is 0.479 e. The number of ketones is 2. The van der Waals surface area contributed by atoms with Crippen LogP contribution in [0.2, 0.25) is 0 Å². The fraction of sp³-hybridized carbons (Fsp3) is 0.120. The monoisotopic (exact) mass is 383 g/mol. The van der Waals surface area contributed by atoms with Gasteiger partial charge in [-0.15, -0.1) is 0 Å². The zero-order chi connectivity index (χ0) is 20.2. The maximum atomic E-state index is 13.8. The van der Waals surface area contributed by atoms with Gasteiger partial charge >= 0.3 is 0 Å². The molecule has 1 unspecified atom stereocenters. The number of benzene rings is 3. The lowest BCUT2D eigenvalue weighted by molar-refractivity contribution is 0.0859. The molecule has 1 heterocycles. The second-order valence-corrected chi connectivity index (χ2v) is 6.75. The van der Waals surface area contributed by atoms with Crippen LogP contribution in [0.5, 0.6) is 5.88 Å². The van der Waals surface area contributed by atoms with Crippen LogP contribution in [-0.2, 0) is 0 Å². The minimum absolute atomic E-state index is 0.227. The van der Waals surface area contributed by atoms with Crippen molar-refractivity contribution in [2.24, 2.45) is 0 Å². The number of carbonyl (C=O) groups excluding carboxylic acids is 2. The number of rotatable bonds is 7. The molecule has 0 spiro atoms. The Morgan fingerprint density at radius 2 is 1.45 bits per heavy atom. The summed E-state index contributed by atoms with van der Waals surface area (Å²) in [5.41, 5.74) is 2.39. The number of hydrogen-bond donors (Lipinski definition) is 1. The molecule has 4 nitrogen and oxygen atoms in total. The van der Waals surface area contributed by atoms with Gasteiger partial charge in [-0.25, -0.2) is 0 Å². The molecule has 0 aliphatic carbocycles. The van der Waals surface area contributed by atoms with Gasteiger partial charge in [0.25, 0.3) is 0 Å². The van der Waals surface area contributed by atoms with E-state index in [1.54, 1.807) is 24.3 Å². The van der Waals surface area contributed by atoms with Gasteiger partial charge < -0.3 is 9.72 Å². The Morgan fingerprint density at radius 1 is 0.828 bits per heavy atom. The molecule has 4 heteroatoms. The minimum Gasteiger partial charge on any atom is -0.479 e. The maximum absolute atomic E-state index is 13.8. The molecule has 0 fully saturated rings. The van der Waals surface area contributed by atoms with Crippen LogP contribution in [0.25, 0.3) is 10.9 Å². The number of H-pyrrole nitrogens is 1. The number of carbonyl (C=O) groups is 2. The summed E-state index contributed by atoms with van der Waals surface area (Å²) in [6.45, 7) is 2.28. The van der Waals surface area contributed by atoms with Crippen LogP contribution >= 0.6 is 0 Å². The zero-order valence-corrected chi connectivity index (χ0v) is 16.1. The van der Waals surface area contributed by atoms with Gasteiger partial charge in [-0.2, -0.15) is 0 Å². The second-order valence-electron chi connectivity index (χ2n) is 6.75. The van der Waals surface area contributed by atoms with Crippen molar-refractivity contribution in [1.82, 2.24) is 4.98 Å². The van der Waals surface area contributed by atoms with Gasteiger partial charge in [0.2, 0.25) is 5.88 Å². The molecule has 0 bridgehead atoms. The van der Waals surface area contributed by atoms with Crippen LogP contribution in [0.4, 0.5) is 0 Å². The van der Waals surface area contributed by atoms with Crippen LogP contribution in [0.15, 0.2) is 84.9 Å². The van der Waals surface area contributed by atoms with Crippen LogP contribution in [0.1, 0.15) is 39.1 Å². The number of aromatic nitrogens is 1. The Kier molecular flexibility index (Phi) is 5.25. The number of hydrogen-bond acceptors (Lipinski definition) is 3. The minimum atomic E-state index is -0.947. The molecule has 0 aliphatic rings. The van der Waals surface area contributed by atoms with E-state index >= 15 is 0 Å². The lowest BCUT2D eigenvalue weighted by Gasteiger charge is -2.16. The van der Waals surface area contributed by atoms with Crippen molar-refractivity contribution in [1.29, 1.82) is 0 Å². The van der Waals surface area contributed by atoms with Gasteiger partial charge in [-0.3, -0.25) is 9.59 Å². The lowest BCUT2D eigenvalue weighted by atomic mass is 9.84. The van der Waals surface area contributed by atoms with Crippen molar-refractivity contribution in [2.45, 2.75) is 12.8 Å². The summed E-state index contributed by atoms with van der Waals surface area (Å²) in [6.07, 6.45) is 0. The van der Waals surface area contributed by atoms with Crippen molar-refractivity contribution in [3.05, 3.63) is 102 Å². The number of ether oxygens (including phenoxy) is 1. The van der Waals surface area contributed by atoms with Gasteiger partial charge in [0.05, 0.1) is 12.2 Å². The van der Waals surface area contributed by atoms with E-state index in [9.17, 15) is 9.59 Å². The molecular weight excluding hydrogens is 362 g/mol.